The van der Waals surface area contributed by atoms with Crippen molar-refractivity contribution >= 4 is 17.5 Å². The van der Waals surface area contributed by atoms with Gasteiger partial charge in [0, 0.05) is 30.8 Å². The largest absolute Gasteiger partial charge is 0.377 e. The van der Waals surface area contributed by atoms with Crippen molar-refractivity contribution in [1.29, 1.82) is 0 Å². The predicted molar refractivity (Wildman–Crippen MR) is 76.5 cm³/mol. The summed E-state index contributed by atoms with van der Waals surface area (Å²) in [6.45, 7) is 3.65. The lowest BCUT2D eigenvalue weighted by molar-refractivity contribution is -0.139. The van der Waals surface area contributed by atoms with Crippen molar-refractivity contribution in [2.45, 2.75) is 50.7 Å². The van der Waals surface area contributed by atoms with Crippen molar-refractivity contribution in [3.05, 3.63) is 0 Å². The Hall–Kier alpha value is -0.0600. The summed E-state index contributed by atoms with van der Waals surface area (Å²) >= 11 is 1.97. The van der Waals surface area contributed by atoms with Crippen LogP contribution >= 0.6 is 11.8 Å². The maximum absolute atomic E-state index is 12.8. The maximum Gasteiger partial charge on any atom is 0.141 e. The highest BCUT2D eigenvalue weighted by molar-refractivity contribution is 7.99. The average molecular weight is 284 g/mol. The van der Waals surface area contributed by atoms with E-state index in [9.17, 15) is 4.79 Å². The quantitative estimate of drug-likeness (QED) is 0.798. The number of hydrogen-bond acceptors (Lipinski definition) is 4. The molecule has 0 N–H and O–H groups in total. The highest BCUT2D eigenvalue weighted by Crippen LogP contribution is 2.42. The minimum atomic E-state index is 0.0183. The zero-order valence-corrected chi connectivity index (χ0v) is 12.5. The van der Waals surface area contributed by atoms with Gasteiger partial charge in [-0.2, -0.15) is 11.8 Å². The molecule has 3 fully saturated rings. The van der Waals surface area contributed by atoms with E-state index >= 15 is 0 Å². The molecule has 0 bridgehead atoms. The van der Waals surface area contributed by atoms with Crippen molar-refractivity contribution < 1.29 is 14.3 Å². The van der Waals surface area contributed by atoms with E-state index in [-0.39, 0.29) is 23.5 Å². The van der Waals surface area contributed by atoms with Crippen LogP contribution in [-0.2, 0) is 14.3 Å². The van der Waals surface area contributed by atoms with Gasteiger partial charge in [-0.1, -0.05) is 6.92 Å². The third-order valence-corrected chi connectivity index (χ3v) is 6.16. The van der Waals surface area contributed by atoms with Crippen molar-refractivity contribution in [2.24, 2.45) is 11.8 Å². The van der Waals surface area contributed by atoms with E-state index in [0.29, 0.717) is 5.78 Å². The Labute approximate surface area is 119 Å². The third kappa shape index (κ3) is 2.72. The molecule has 3 heterocycles. The van der Waals surface area contributed by atoms with E-state index in [4.69, 9.17) is 9.47 Å². The minimum absolute atomic E-state index is 0.0183. The molecule has 1 spiro atoms. The first kappa shape index (κ1) is 13.9. The van der Waals surface area contributed by atoms with Crippen LogP contribution in [0.4, 0.5) is 0 Å². The molecule has 4 heteroatoms. The summed E-state index contributed by atoms with van der Waals surface area (Å²) in [6, 6.07) is 0. The Bertz CT molecular complexity index is 338. The lowest BCUT2D eigenvalue weighted by atomic mass is 9.77. The van der Waals surface area contributed by atoms with E-state index < -0.39 is 0 Å². The second-order valence-corrected chi connectivity index (χ2v) is 7.24. The van der Waals surface area contributed by atoms with E-state index in [0.717, 1.165) is 51.1 Å². The summed E-state index contributed by atoms with van der Waals surface area (Å²) in [6.07, 6.45) is 5.05. The summed E-state index contributed by atoms with van der Waals surface area (Å²) in [5.74, 6) is 3.09. The van der Waals surface area contributed by atoms with Crippen molar-refractivity contribution in [2.75, 3.05) is 24.7 Å². The SMILES string of the molecule is CCC1OCCC1C(=O)C1CCOC2(CCSC2)C1. The van der Waals surface area contributed by atoms with Gasteiger partial charge in [-0.25, -0.2) is 0 Å². The van der Waals surface area contributed by atoms with E-state index in [1.807, 2.05) is 11.8 Å². The number of carbonyl (C=O) groups is 1. The van der Waals surface area contributed by atoms with Crippen LogP contribution in [0.1, 0.15) is 39.0 Å². The molecule has 0 aromatic carbocycles. The molecule has 3 rings (SSSR count). The Morgan fingerprint density at radius 3 is 3.00 bits per heavy atom. The summed E-state index contributed by atoms with van der Waals surface area (Å²) < 4.78 is 11.7. The molecule has 4 unspecified atom stereocenters. The van der Waals surface area contributed by atoms with E-state index in [2.05, 4.69) is 6.92 Å². The zero-order valence-electron chi connectivity index (χ0n) is 11.7. The van der Waals surface area contributed by atoms with Crippen molar-refractivity contribution in [3.63, 3.8) is 0 Å². The second-order valence-electron chi connectivity index (χ2n) is 6.14. The maximum atomic E-state index is 12.8. The molecule has 0 aliphatic carbocycles. The van der Waals surface area contributed by atoms with E-state index in [1.54, 1.807) is 0 Å². The Morgan fingerprint density at radius 2 is 2.26 bits per heavy atom. The monoisotopic (exact) mass is 284 g/mol. The Balaban J connectivity index is 1.66. The number of hydrogen-bond donors (Lipinski definition) is 0. The summed E-state index contributed by atoms with van der Waals surface area (Å²) in [5.41, 5.74) is 0.0183. The molecular weight excluding hydrogens is 260 g/mol. The molecule has 0 aromatic heterocycles. The normalized spacial score (nSPS) is 42.9. The number of Topliss-reactive ketones (excluding diaryl/α,β-unsaturated/α-hetero) is 1. The lowest BCUT2D eigenvalue weighted by Gasteiger charge is -2.38. The van der Waals surface area contributed by atoms with Crippen molar-refractivity contribution in [3.8, 4) is 0 Å². The van der Waals surface area contributed by atoms with Crippen LogP contribution in [-0.4, -0.2) is 42.2 Å². The molecule has 3 aliphatic heterocycles. The Morgan fingerprint density at radius 1 is 1.37 bits per heavy atom. The van der Waals surface area contributed by atoms with Gasteiger partial charge in [0.1, 0.15) is 5.78 Å². The van der Waals surface area contributed by atoms with Gasteiger partial charge in [-0.05, 0) is 37.9 Å². The van der Waals surface area contributed by atoms with Gasteiger partial charge in [-0.3, -0.25) is 4.79 Å². The average Bonchev–Trinajstić information content (AvgIpc) is 3.07. The first-order chi connectivity index (χ1) is 9.24. The fourth-order valence-electron chi connectivity index (χ4n) is 3.81. The van der Waals surface area contributed by atoms with Crippen LogP contribution in [0.2, 0.25) is 0 Å². The molecular formula is C15H24O3S. The van der Waals surface area contributed by atoms with Crippen LogP contribution in [0.3, 0.4) is 0 Å². The van der Waals surface area contributed by atoms with Crippen LogP contribution in [0, 0.1) is 11.8 Å². The number of ketones is 1. The molecule has 0 saturated carbocycles. The smallest absolute Gasteiger partial charge is 0.141 e. The van der Waals surface area contributed by atoms with Crippen molar-refractivity contribution in [1.82, 2.24) is 0 Å². The van der Waals surface area contributed by atoms with Crippen LogP contribution in [0.5, 0.6) is 0 Å². The van der Waals surface area contributed by atoms with Gasteiger partial charge in [0.05, 0.1) is 11.7 Å². The predicted octanol–water partition coefficient (Wildman–Crippen LogP) is 2.67. The fraction of sp³-hybridized carbons (Fsp3) is 0.933. The van der Waals surface area contributed by atoms with Crippen LogP contribution in [0.25, 0.3) is 0 Å². The molecule has 0 radical (unpaired) electrons. The molecule has 3 nitrogen and oxygen atoms in total. The first-order valence-corrected chi connectivity index (χ1v) is 8.76. The molecule has 0 aromatic rings. The van der Waals surface area contributed by atoms with Crippen LogP contribution < -0.4 is 0 Å². The molecule has 3 saturated heterocycles. The standard InChI is InChI=1S/C15H24O3S/c1-2-13-12(4-6-17-13)14(16)11-3-7-18-15(9-11)5-8-19-10-15/h11-13H,2-10H2,1H3. The van der Waals surface area contributed by atoms with Gasteiger partial charge in [0.2, 0.25) is 0 Å². The lowest BCUT2D eigenvalue weighted by Crippen LogP contribution is -2.44. The fourth-order valence-corrected chi connectivity index (χ4v) is 5.19. The zero-order chi connectivity index (χ0) is 13.3. The highest BCUT2D eigenvalue weighted by atomic mass is 32.2. The molecule has 3 aliphatic rings. The van der Waals surface area contributed by atoms with Gasteiger partial charge in [-0.15, -0.1) is 0 Å². The number of thioether (sulfide) groups is 1. The minimum Gasteiger partial charge on any atom is -0.377 e. The molecule has 4 atom stereocenters. The number of ether oxygens (including phenoxy) is 2. The number of carbonyl (C=O) groups excluding carboxylic acids is 1. The van der Waals surface area contributed by atoms with Gasteiger partial charge < -0.3 is 9.47 Å². The van der Waals surface area contributed by atoms with Gasteiger partial charge in [0.25, 0.3) is 0 Å². The summed E-state index contributed by atoms with van der Waals surface area (Å²) in [4.78, 5) is 12.8. The van der Waals surface area contributed by atoms with Crippen LogP contribution in [0.15, 0.2) is 0 Å². The van der Waals surface area contributed by atoms with E-state index in [1.165, 1.54) is 5.75 Å². The second kappa shape index (κ2) is 5.74. The topological polar surface area (TPSA) is 35.5 Å². The summed E-state index contributed by atoms with van der Waals surface area (Å²) in [5, 5.41) is 0. The Kier molecular flexibility index (Phi) is 4.20. The van der Waals surface area contributed by atoms with Gasteiger partial charge >= 0.3 is 0 Å². The summed E-state index contributed by atoms with van der Waals surface area (Å²) in [7, 11) is 0. The highest BCUT2D eigenvalue weighted by Gasteiger charge is 2.45. The molecule has 0 amide bonds. The molecule has 108 valence electrons. The van der Waals surface area contributed by atoms with Gasteiger partial charge in [0.15, 0.2) is 0 Å². The first-order valence-electron chi connectivity index (χ1n) is 7.61. The molecule has 19 heavy (non-hydrogen) atoms. The number of rotatable bonds is 3. The third-order valence-electron chi connectivity index (χ3n) is 4.94.